The van der Waals surface area contributed by atoms with E-state index in [1.807, 2.05) is 30.3 Å². The second-order valence-electron chi connectivity index (χ2n) is 7.78. The van der Waals surface area contributed by atoms with Crippen molar-refractivity contribution in [1.29, 1.82) is 0 Å². The van der Waals surface area contributed by atoms with Gasteiger partial charge in [-0.1, -0.05) is 66.7 Å². The number of benzene rings is 4. The van der Waals surface area contributed by atoms with Gasteiger partial charge in [-0.3, -0.25) is 4.79 Å². The molecule has 0 heterocycles. The maximum absolute atomic E-state index is 12.5. The Kier molecular flexibility index (Phi) is 8.21. The first-order valence-corrected chi connectivity index (χ1v) is 11.6. The van der Waals surface area contributed by atoms with E-state index in [2.05, 4.69) is 35.3 Å². The molecule has 1 amide bonds. The van der Waals surface area contributed by atoms with Crippen LogP contribution in [0.3, 0.4) is 0 Å². The van der Waals surface area contributed by atoms with Crippen molar-refractivity contribution in [2.75, 3.05) is 13.7 Å². The summed E-state index contributed by atoms with van der Waals surface area (Å²) in [7, 11) is 1.51. The van der Waals surface area contributed by atoms with Crippen molar-refractivity contribution in [2.24, 2.45) is 5.10 Å². The number of amides is 1. The lowest BCUT2D eigenvalue weighted by Crippen LogP contribution is -2.17. The molecule has 4 aromatic rings. The molecule has 0 bridgehead atoms. The van der Waals surface area contributed by atoms with E-state index in [1.54, 1.807) is 36.4 Å². The Labute approximate surface area is 214 Å². The Morgan fingerprint density at radius 1 is 0.972 bits per heavy atom. The lowest BCUT2D eigenvalue weighted by molar-refractivity contribution is 0.0954. The number of carbonyl (C=O) groups excluding carboxylic acids is 1. The van der Waals surface area contributed by atoms with Crippen LogP contribution in [0.15, 0.2) is 96.6 Å². The Morgan fingerprint density at radius 3 is 2.58 bits per heavy atom. The average Bonchev–Trinajstić information content (AvgIpc) is 2.91. The van der Waals surface area contributed by atoms with Crippen LogP contribution >= 0.6 is 11.6 Å². The van der Waals surface area contributed by atoms with Crippen molar-refractivity contribution >= 4 is 34.5 Å². The van der Waals surface area contributed by atoms with Gasteiger partial charge in [-0.05, 0) is 58.3 Å². The fraction of sp³-hybridized carbons (Fsp3) is 0.103. The van der Waals surface area contributed by atoms with Gasteiger partial charge in [-0.15, -0.1) is 0 Å². The molecular weight excluding hydrogens is 476 g/mol. The highest BCUT2D eigenvalue weighted by Crippen LogP contribution is 2.29. The minimum atomic E-state index is -0.388. The number of rotatable bonds is 10. The summed E-state index contributed by atoms with van der Waals surface area (Å²) in [4.78, 5) is 12.5. The lowest BCUT2D eigenvalue weighted by atomic mass is 10.1. The van der Waals surface area contributed by atoms with E-state index < -0.39 is 0 Å². The summed E-state index contributed by atoms with van der Waals surface area (Å²) in [6.07, 6.45) is 3.14. The van der Waals surface area contributed by atoms with Crippen molar-refractivity contribution < 1.29 is 19.0 Å². The molecule has 0 unspecified atom stereocenters. The largest absolute Gasteiger partial charge is 0.493 e. The predicted octanol–water partition coefficient (Wildman–Crippen LogP) is 6.41. The van der Waals surface area contributed by atoms with Crippen molar-refractivity contribution in [2.45, 2.75) is 6.61 Å². The van der Waals surface area contributed by atoms with Crippen LogP contribution in [-0.2, 0) is 6.61 Å². The van der Waals surface area contributed by atoms with Crippen molar-refractivity contribution in [3.05, 3.63) is 113 Å². The Balaban J connectivity index is 1.37. The van der Waals surface area contributed by atoms with Crippen molar-refractivity contribution in [3.8, 4) is 17.2 Å². The normalized spacial score (nSPS) is 10.8. The van der Waals surface area contributed by atoms with Crippen LogP contribution in [0.2, 0.25) is 5.02 Å². The SMILES string of the molecule is C=CCOc1ccc(C(=O)N/N=C/c2ccc(OCc3cccc4ccccc34)c(Cl)c2)cc1OC. The highest BCUT2D eigenvalue weighted by molar-refractivity contribution is 6.32. The van der Waals surface area contributed by atoms with Gasteiger partial charge >= 0.3 is 0 Å². The summed E-state index contributed by atoms with van der Waals surface area (Å²) >= 11 is 6.43. The van der Waals surface area contributed by atoms with Gasteiger partial charge in [0.1, 0.15) is 19.0 Å². The number of methoxy groups -OCH3 is 1. The fourth-order valence-corrected chi connectivity index (χ4v) is 3.84. The number of halogens is 1. The zero-order valence-electron chi connectivity index (χ0n) is 19.7. The van der Waals surface area contributed by atoms with E-state index in [0.29, 0.717) is 46.6 Å². The Morgan fingerprint density at radius 2 is 1.78 bits per heavy atom. The van der Waals surface area contributed by atoms with Crippen LogP contribution in [0, 0.1) is 0 Å². The molecule has 0 aromatic heterocycles. The first-order valence-electron chi connectivity index (χ1n) is 11.2. The van der Waals surface area contributed by atoms with E-state index in [1.165, 1.54) is 13.3 Å². The number of fused-ring (bicyclic) bond motifs is 1. The summed E-state index contributed by atoms with van der Waals surface area (Å²) in [6, 6.07) is 24.5. The van der Waals surface area contributed by atoms with Crippen LogP contribution in [0.4, 0.5) is 0 Å². The van der Waals surface area contributed by atoms with Gasteiger partial charge in [-0.25, -0.2) is 5.43 Å². The minimum Gasteiger partial charge on any atom is -0.493 e. The van der Waals surface area contributed by atoms with Crippen LogP contribution in [0.1, 0.15) is 21.5 Å². The molecule has 4 aromatic carbocycles. The molecule has 0 fully saturated rings. The molecule has 182 valence electrons. The monoisotopic (exact) mass is 500 g/mol. The van der Waals surface area contributed by atoms with Crippen LogP contribution in [0.25, 0.3) is 10.8 Å². The van der Waals surface area contributed by atoms with Crippen molar-refractivity contribution in [3.63, 3.8) is 0 Å². The van der Waals surface area contributed by atoms with Gasteiger partial charge in [-0.2, -0.15) is 5.10 Å². The molecule has 6 nitrogen and oxygen atoms in total. The fourth-order valence-electron chi connectivity index (χ4n) is 3.60. The molecule has 0 aliphatic carbocycles. The van der Waals surface area contributed by atoms with Gasteiger partial charge in [0.15, 0.2) is 11.5 Å². The number of hydrazone groups is 1. The summed E-state index contributed by atoms with van der Waals surface area (Å²) in [5.74, 6) is 1.15. The average molecular weight is 501 g/mol. The third-order valence-corrected chi connectivity index (χ3v) is 5.68. The van der Waals surface area contributed by atoms with E-state index in [0.717, 1.165) is 16.3 Å². The van der Waals surface area contributed by atoms with Gasteiger partial charge in [0.2, 0.25) is 0 Å². The first kappa shape index (κ1) is 24.8. The number of ether oxygens (including phenoxy) is 3. The maximum Gasteiger partial charge on any atom is 0.271 e. The predicted molar refractivity (Wildman–Crippen MR) is 143 cm³/mol. The smallest absolute Gasteiger partial charge is 0.271 e. The number of nitrogens with zero attached hydrogens (tertiary/aromatic N) is 1. The van der Waals surface area contributed by atoms with Crippen LogP contribution in [-0.4, -0.2) is 25.8 Å². The number of carbonyl (C=O) groups is 1. The minimum absolute atomic E-state index is 0.335. The van der Waals surface area contributed by atoms with E-state index >= 15 is 0 Å². The topological polar surface area (TPSA) is 69.2 Å². The van der Waals surface area contributed by atoms with Gasteiger partial charge < -0.3 is 14.2 Å². The second-order valence-corrected chi connectivity index (χ2v) is 8.19. The molecule has 0 spiro atoms. The summed E-state index contributed by atoms with van der Waals surface area (Å²) in [6.45, 7) is 4.35. The van der Waals surface area contributed by atoms with Gasteiger partial charge in [0.05, 0.1) is 18.3 Å². The molecule has 0 saturated heterocycles. The lowest BCUT2D eigenvalue weighted by Gasteiger charge is -2.11. The zero-order valence-corrected chi connectivity index (χ0v) is 20.5. The molecule has 1 N–H and O–H groups in total. The molecule has 0 aliphatic heterocycles. The number of hydrogen-bond acceptors (Lipinski definition) is 5. The van der Waals surface area contributed by atoms with Crippen LogP contribution in [0.5, 0.6) is 17.2 Å². The van der Waals surface area contributed by atoms with E-state index in [9.17, 15) is 4.79 Å². The molecular formula is C29H25ClN2O4. The highest BCUT2D eigenvalue weighted by atomic mass is 35.5. The number of hydrogen-bond donors (Lipinski definition) is 1. The Bertz CT molecular complexity index is 1410. The van der Waals surface area contributed by atoms with Gasteiger partial charge in [0.25, 0.3) is 5.91 Å². The Hall–Kier alpha value is -4.29. The molecule has 0 atom stereocenters. The second kappa shape index (κ2) is 11.9. The summed E-state index contributed by atoms with van der Waals surface area (Å²) in [5, 5.41) is 6.79. The molecule has 4 rings (SSSR count). The quantitative estimate of drug-likeness (QED) is 0.155. The zero-order chi connectivity index (χ0) is 25.3. The molecule has 36 heavy (non-hydrogen) atoms. The van der Waals surface area contributed by atoms with Crippen LogP contribution < -0.4 is 19.6 Å². The standard InChI is InChI=1S/C29H25ClN2O4/c1-3-15-35-27-14-12-22(17-28(27)34-2)29(33)32-31-18-20-11-13-26(25(30)16-20)36-19-23-9-6-8-21-7-4-5-10-24(21)23/h3-14,16-18H,1,15,19H2,2H3,(H,32,33)/b31-18+. The molecule has 0 radical (unpaired) electrons. The molecule has 0 saturated carbocycles. The number of nitrogens with one attached hydrogen (secondary N) is 1. The first-order chi connectivity index (χ1) is 17.6. The van der Waals surface area contributed by atoms with Crippen molar-refractivity contribution in [1.82, 2.24) is 5.43 Å². The molecule has 0 aliphatic rings. The third kappa shape index (κ3) is 6.03. The van der Waals surface area contributed by atoms with Gasteiger partial charge in [0, 0.05) is 5.56 Å². The third-order valence-electron chi connectivity index (χ3n) is 5.38. The summed E-state index contributed by atoms with van der Waals surface area (Å²) < 4.78 is 16.8. The van der Waals surface area contributed by atoms with E-state index in [-0.39, 0.29) is 5.91 Å². The maximum atomic E-state index is 12.5. The van der Waals surface area contributed by atoms with E-state index in [4.69, 9.17) is 25.8 Å². The molecule has 7 heteroatoms. The highest BCUT2D eigenvalue weighted by Gasteiger charge is 2.11. The summed E-state index contributed by atoms with van der Waals surface area (Å²) in [5.41, 5.74) is 4.67.